The van der Waals surface area contributed by atoms with Crippen LogP contribution in [-0.2, 0) is 57.2 Å². The number of unbranched alkanes of at least 4 members (excludes halogenated alkanes) is 9. The first-order valence-electron chi connectivity index (χ1n) is 25.7. The molecule has 4 atom stereocenters. The molecule has 0 fully saturated rings. The number of esters is 4. The number of carbonyl (C=O) groups excluding carboxylic acids is 7. The molecule has 0 saturated heterocycles. The van der Waals surface area contributed by atoms with Gasteiger partial charge in [0.25, 0.3) is 11.7 Å². The average molecular weight is 991 g/mol. The fourth-order valence-corrected chi connectivity index (χ4v) is 6.98. The highest BCUT2D eigenvalue weighted by Crippen LogP contribution is 2.16. The summed E-state index contributed by atoms with van der Waals surface area (Å²) in [5.41, 5.74) is 0. The number of thioether (sulfide) groups is 1. The summed E-state index contributed by atoms with van der Waals surface area (Å²) < 4.78 is 30.9. The number of ether oxygens (including phenoxy) is 6. The van der Waals surface area contributed by atoms with Crippen LogP contribution in [0.4, 0.5) is 4.79 Å². The molecule has 0 aromatic heterocycles. The Labute approximate surface area is 417 Å². The maximum atomic E-state index is 12.6. The van der Waals surface area contributed by atoms with E-state index in [1.165, 1.54) is 57.4 Å². The molecule has 4 unspecified atom stereocenters. The zero-order valence-electron chi connectivity index (χ0n) is 44.8. The number of methoxy groups -OCH3 is 1. The average Bonchev–Trinajstić information content (AvgIpc) is 3.30. The van der Waals surface area contributed by atoms with Crippen molar-refractivity contribution in [3.8, 4) is 0 Å². The molecule has 0 aliphatic rings. The fourth-order valence-electron chi connectivity index (χ4n) is 6.17. The van der Waals surface area contributed by atoms with Gasteiger partial charge in [-0.25, -0.2) is 0 Å². The van der Waals surface area contributed by atoms with Crippen molar-refractivity contribution in [1.82, 2.24) is 9.80 Å². The quantitative estimate of drug-likeness (QED) is 0.0245. The maximum Gasteiger partial charge on any atom is 0.308 e. The molecule has 0 bridgehead atoms. The van der Waals surface area contributed by atoms with Crippen LogP contribution in [0.5, 0.6) is 0 Å². The molecule has 0 spiro atoms. The lowest BCUT2D eigenvalue weighted by atomic mass is 10.0. The monoisotopic (exact) mass is 991 g/mol. The van der Waals surface area contributed by atoms with Crippen LogP contribution in [0.25, 0.3) is 0 Å². The van der Waals surface area contributed by atoms with E-state index in [4.69, 9.17) is 28.4 Å². The second-order valence-corrected chi connectivity index (χ2v) is 19.6. The molecule has 0 heterocycles. The third-order valence-corrected chi connectivity index (χ3v) is 11.6. The van der Waals surface area contributed by atoms with E-state index in [-0.39, 0.29) is 80.2 Å². The fraction of sp³-hybridized carbons (Fsp3) is 0.865. The highest BCUT2D eigenvalue weighted by atomic mass is 32.2. The molecule has 0 aliphatic carbocycles. The molecule has 0 aliphatic heterocycles. The number of hydrogen-bond donors (Lipinski definition) is 0. The predicted octanol–water partition coefficient (Wildman–Crippen LogP) is 10.7. The Bertz CT molecular complexity index is 1270. The van der Waals surface area contributed by atoms with Crippen LogP contribution in [0.3, 0.4) is 0 Å². The Kier molecular flexibility index (Phi) is 49.5. The first-order chi connectivity index (χ1) is 32.4. The van der Waals surface area contributed by atoms with E-state index < -0.39 is 18.2 Å². The number of carbonyl (C=O) groups is 7. The minimum Gasteiger partial charge on any atom is -0.464 e. The molecule has 1 amide bonds. The van der Waals surface area contributed by atoms with E-state index >= 15 is 0 Å². The summed E-state index contributed by atoms with van der Waals surface area (Å²) in [5, 5.41) is -0.0731. The van der Waals surface area contributed by atoms with Crippen LogP contribution in [0.15, 0.2) is 0 Å². The van der Waals surface area contributed by atoms with Gasteiger partial charge < -0.3 is 43.0 Å². The maximum absolute atomic E-state index is 12.6. The second kappa shape index (κ2) is 48.8. The van der Waals surface area contributed by atoms with Gasteiger partial charge in [-0.1, -0.05) is 151 Å². The first-order valence-corrected chi connectivity index (χ1v) is 26.7. The van der Waals surface area contributed by atoms with E-state index in [1.54, 1.807) is 25.7 Å². The Hall–Kier alpha value is -3.24. The summed E-state index contributed by atoms with van der Waals surface area (Å²) in [6, 6.07) is 0. The Morgan fingerprint density at radius 3 is 1.54 bits per heavy atom. The number of nitrogens with zero attached hydrogens (tertiary/aromatic N) is 2. The molecule has 0 N–H and O–H groups in total. The SMILES string of the molecule is CCCCCC(C)C.CCCCCCC(C)C(=O)OCC(COC(=O)C(C)C)OC.CCCCCCC(C)C(=O)OCC(COC=O)OC(=O)CCCN(CCCC=O)C(=O)SCCCN(C)C. The Morgan fingerprint density at radius 2 is 1.07 bits per heavy atom. The number of hydrogen-bond acceptors (Lipinski definition) is 15. The topological polar surface area (TPSA) is 181 Å². The molecule has 16 heteroatoms. The van der Waals surface area contributed by atoms with Crippen molar-refractivity contribution in [3.63, 3.8) is 0 Å². The van der Waals surface area contributed by atoms with Crippen molar-refractivity contribution in [2.45, 2.75) is 197 Å². The summed E-state index contributed by atoms with van der Waals surface area (Å²) in [6.45, 7) is 20.1. The predicted molar refractivity (Wildman–Crippen MR) is 272 cm³/mol. The molecular formula is C52H98N2O13S. The molecule has 0 saturated carbocycles. The minimum absolute atomic E-state index is 0.0438. The molecule has 0 aromatic rings. The van der Waals surface area contributed by atoms with Gasteiger partial charge >= 0.3 is 23.9 Å². The van der Waals surface area contributed by atoms with Crippen LogP contribution in [0.1, 0.15) is 184 Å². The van der Waals surface area contributed by atoms with Crippen molar-refractivity contribution < 1.29 is 62.0 Å². The van der Waals surface area contributed by atoms with Crippen molar-refractivity contribution in [2.24, 2.45) is 23.7 Å². The summed E-state index contributed by atoms with van der Waals surface area (Å²) in [7, 11) is 5.47. The number of rotatable bonds is 40. The smallest absolute Gasteiger partial charge is 0.308 e. The van der Waals surface area contributed by atoms with Gasteiger partial charge in [0.15, 0.2) is 6.10 Å². The number of amides is 1. The van der Waals surface area contributed by atoms with Gasteiger partial charge in [-0.05, 0) is 58.7 Å². The van der Waals surface area contributed by atoms with E-state index in [2.05, 4.69) is 39.5 Å². The summed E-state index contributed by atoms with van der Waals surface area (Å²) in [5.74, 6) is -0.353. The highest BCUT2D eigenvalue weighted by molar-refractivity contribution is 8.13. The van der Waals surface area contributed by atoms with Gasteiger partial charge in [0, 0.05) is 38.8 Å². The molecular weight excluding hydrogens is 893 g/mol. The van der Waals surface area contributed by atoms with Gasteiger partial charge in [-0.2, -0.15) is 0 Å². The zero-order valence-corrected chi connectivity index (χ0v) is 45.6. The molecule has 68 heavy (non-hydrogen) atoms. The molecule has 0 aromatic carbocycles. The van der Waals surface area contributed by atoms with Crippen LogP contribution < -0.4 is 0 Å². The molecule has 0 radical (unpaired) electrons. The van der Waals surface area contributed by atoms with Crippen LogP contribution in [-0.4, -0.2) is 137 Å². The highest BCUT2D eigenvalue weighted by Gasteiger charge is 2.22. The second-order valence-electron chi connectivity index (χ2n) is 18.5. The third kappa shape index (κ3) is 45.2. The molecule has 15 nitrogen and oxygen atoms in total. The van der Waals surface area contributed by atoms with E-state index in [9.17, 15) is 33.6 Å². The first kappa shape index (κ1) is 69.0. The normalized spacial score (nSPS) is 12.6. The molecule has 0 rings (SSSR count). The molecule has 400 valence electrons. The number of aldehydes is 1. The third-order valence-electron chi connectivity index (χ3n) is 10.7. The lowest BCUT2D eigenvalue weighted by molar-refractivity contribution is -0.165. The summed E-state index contributed by atoms with van der Waals surface area (Å²) in [4.78, 5) is 85.6. The van der Waals surface area contributed by atoms with Crippen molar-refractivity contribution >= 4 is 53.6 Å². The van der Waals surface area contributed by atoms with Crippen molar-refractivity contribution in [2.75, 3.05) is 73.0 Å². The van der Waals surface area contributed by atoms with E-state index in [1.807, 2.05) is 21.0 Å². The minimum atomic E-state index is -0.901. The Balaban J connectivity index is -0.00000117. The van der Waals surface area contributed by atoms with E-state index in [0.717, 1.165) is 76.5 Å². The van der Waals surface area contributed by atoms with Crippen molar-refractivity contribution in [1.29, 1.82) is 0 Å². The van der Waals surface area contributed by atoms with Crippen LogP contribution >= 0.6 is 11.8 Å². The van der Waals surface area contributed by atoms with Gasteiger partial charge in [-0.15, -0.1) is 0 Å². The summed E-state index contributed by atoms with van der Waals surface area (Å²) >= 11 is 1.24. The largest absolute Gasteiger partial charge is 0.464 e. The van der Waals surface area contributed by atoms with Crippen molar-refractivity contribution in [3.05, 3.63) is 0 Å². The van der Waals surface area contributed by atoms with Crippen LogP contribution in [0, 0.1) is 23.7 Å². The van der Waals surface area contributed by atoms with Gasteiger partial charge in [0.2, 0.25) is 0 Å². The van der Waals surface area contributed by atoms with Crippen LogP contribution in [0.2, 0.25) is 0 Å². The van der Waals surface area contributed by atoms with Gasteiger partial charge in [0.05, 0.1) is 17.8 Å². The lowest BCUT2D eigenvalue weighted by Crippen LogP contribution is -2.32. The Morgan fingerprint density at radius 1 is 0.574 bits per heavy atom. The zero-order chi connectivity index (χ0) is 52.0. The standard InChI is InChI=1S/C27H48N2O8S.C17H32O5.C8H18/c1-5-6-7-8-13-23(2)26(33)36-21-24(20-35-22-31)37-25(32)14-11-17-29(16-9-10-18-30)27(34)38-19-12-15-28(3)4;1-6-7-8-9-10-14(4)17(19)22-12-15(20-5)11-21-16(18)13(2)3;1-4-5-6-7-8(2)3/h18,22-24H,5-17,19-21H2,1-4H3;13-15H,6-12H2,1-5H3;8H,4-7H2,1-3H3. The lowest BCUT2D eigenvalue weighted by Gasteiger charge is -2.22. The summed E-state index contributed by atoms with van der Waals surface area (Å²) in [6.07, 6.45) is 17.8. The van der Waals surface area contributed by atoms with Gasteiger partial charge in [-0.3, -0.25) is 28.8 Å². The van der Waals surface area contributed by atoms with E-state index in [0.29, 0.717) is 38.1 Å². The van der Waals surface area contributed by atoms with Gasteiger partial charge in [0.1, 0.15) is 38.8 Å².